The molecule has 0 radical (unpaired) electrons. The molecule has 0 bridgehead atoms. The Kier molecular flexibility index (Phi) is 4.14. The monoisotopic (exact) mass is 288 g/mol. The quantitative estimate of drug-likeness (QED) is 0.873. The van der Waals surface area contributed by atoms with Crippen molar-refractivity contribution in [3.63, 3.8) is 0 Å². The maximum Gasteiger partial charge on any atom is 0.169 e. The van der Waals surface area contributed by atoms with E-state index in [0.717, 1.165) is 11.3 Å². The van der Waals surface area contributed by atoms with Crippen molar-refractivity contribution in [2.45, 2.75) is 12.0 Å². The van der Waals surface area contributed by atoms with Gasteiger partial charge in [-0.15, -0.1) is 0 Å². The van der Waals surface area contributed by atoms with Crippen LogP contribution < -0.4 is 4.90 Å². The minimum Gasteiger partial charge on any atom is -0.392 e. The van der Waals surface area contributed by atoms with Gasteiger partial charge in [-0.05, 0) is 11.6 Å². The molecule has 2 rings (SSSR count). The van der Waals surface area contributed by atoms with Gasteiger partial charge in [0, 0.05) is 30.5 Å². The zero-order valence-electron chi connectivity index (χ0n) is 10.1. The fraction of sp³-hybridized carbons (Fsp3) is 0.545. The molecule has 1 atom stereocenters. The van der Waals surface area contributed by atoms with Gasteiger partial charge in [0.1, 0.15) is 11.2 Å². The van der Waals surface area contributed by atoms with Crippen molar-refractivity contribution >= 4 is 27.4 Å². The largest absolute Gasteiger partial charge is 0.392 e. The number of rotatable bonds is 3. The van der Waals surface area contributed by atoms with Gasteiger partial charge in [0.2, 0.25) is 0 Å². The molecule has 1 aromatic rings. The van der Waals surface area contributed by atoms with Crippen molar-refractivity contribution in [1.29, 1.82) is 0 Å². The second-order valence-electron chi connectivity index (χ2n) is 4.24. The van der Waals surface area contributed by atoms with Gasteiger partial charge in [-0.1, -0.05) is 6.07 Å². The molecule has 0 amide bonds. The highest BCUT2D eigenvalue weighted by atomic mass is 32.2. The first-order chi connectivity index (χ1) is 8.52. The molecule has 1 aliphatic heterocycles. The van der Waals surface area contributed by atoms with Gasteiger partial charge in [0.15, 0.2) is 9.84 Å². The molecule has 0 saturated carbocycles. The summed E-state index contributed by atoms with van der Waals surface area (Å²) >= 11 is 1.65. The Bertz CT molecular complexity index is 502. The van der Waals surface area contributed by atoms with Crippen LogP contribution in [0.1, 0.15) is 5.56 Å². The molecule has 1 N–H and O–H groups in total. The number of sulfone groups is 1. The van der Waals surface area contributed by atoms with E-state index in [-0.39, 0.29) is 6.61 Å². The number of aliphatic hydroxyl groups excluding tert-OH is 1. The first-order valence-electron chi connectivity index (χ1n) is 5.61. The van der Waals surface area contributed by atoms with E-state index in [0.29, 0.717) is 18.1 Å². The lowest BCUT2D eigenvalue weighted by molar-refractivity contribution is 0.281. The van der Waals surface area contributed by atoms with Crippen LogP contribution in [0.25, 0.3) is 0 Å². The summed E-state index contributed by atoms with van der Waals surface area (Å²) in [5, 5.41) is 8.46. The molecule has 1 unspecified atom stereocenters. The molecule has 7 heteroatoms. The zero-order chi connectivity index (χ0) is 13.2. The van der Waals surface area contributed by atoms with E-state index in [4.69, 9.17) is 5.11 Å². The van der Waals surface area contributed by atoms with Crippen LogP contribution in [-0.2, 0) is 16.4 Å². The third kappa shape index (κ3) is 2.96. The van der Waals surface area contributed by atoms with E-state index < -0.39 is 15.2 Å². The number of hydrogen-bond donors (Lipinski definition) is 1. The van der Waals surface area contributed by atoms with Crippen molar-refractivity contribution in [2.24, 2.45) is 0 Å². The summed E-state index contributed by atoms with van der Waals surface area (Å²) in [5.41, 5.74) is 0.723. The lowest BCUT2D eigenvalue weighted by Gasteiger charge is -2.34. The predicted octanol–water partition coefficient (Wildman–Crippen LogP) is 0.498. The Morgan fingerprint density at radius 3 is 2.89 bits per heavy atom. The maximum atomic E-state index is 11.8. The minimum absolute atomic E-state index is 0.0569. The van der Waals surface area contributed by atoms with Crippen LogP contribution in [0.2, 0.25) is 0 Å². The van der Waals surface area contributed by atoms with Crippen LogP contribution in [0.4, 0.5) is 5.82 Å². The van der Waals surface area contributed by atoms with Gasteiger partial charge in [0.05, 0.1) is 6.61 Å². The molecule has 1 aromatic heterocycles. The van der Waals surface area contributed by atoms with Crippen LogP contribution in [0, 0.1) is 0 Å². The Morgan fingerprint density at radius 2 is 2.33 bits per heavy atom. The van der Waals surface area contributed by atoms with Crippen molar-refractivity contribution < 1.29 is 13.5 Å². The first-order valence-corrected chi connectivity index (χ1v) is 8.72. The molecule has 0 spiro atoms. The lowest BCUT2D eigenvalue weighted by Crippen LogP contribution is -2.47. The van der Waals surface area contributed by atoms with E-state index in [1.54, 1.807) is 30.1 Å². The third-order valence-corrected chi connectivity index (χ3v) is 5.51. The average Bonchev–Trinajstić information content (AvgIpc) is 2.38. The summed E-state index contributed by atoms with van der Waals surface area (Å²) in [6.45, 7) is 0.618. The van der Waals surface area contributed by atoms with E-state index >= 15 is 0 Å². The van der Waals surface area contributed by atoms with E-state index in [1.165, 1.54) is 6.26 Å². The van der Waals surface area contributed by atoms with Crippen molar-refractivity contribution in [1.82, 2.24) is 4.98 Å². The van der Waals surface area contributed by atoms with Crippen LogP contribution in [0.3, 0.4) is 0 Å². The van der Waals surface area contributed by atoms with Crippen LogP contribution in [-0.4, -0.2) is 48.2 Å². The topological polar surface area (TPSA) is 70.5 Å². The number of nitrogens with zero attached hydrogens (tertiary/aromatic N) is 2. The van der Waals surface area contributed by atoms with Gasteiger partial charge in [-0.25, -0.2) is 13.4 Å². The summed E-state index contributed by atoms with van der Waals surface area (Å²) < 4.78 is 23.5. The molecule has 0 aromatic carbocycles. The number of anilines is 1. The lowest BCUT2D eigenvalue weighted by atomic mass is 10.3. The number of aromatic nitrogens is 1. The second-order valence-corrected chi connectivity index (χ2v) is 7.59. The molecule has 1 aliphatic rings. The fourth-order valence-electron chi connectivity index (χ4n) is 1.88. The number of thioether (sulfide) groups is 1. The Morgan fingerprint density at radius 1 is 1.56 bits per heavy atom. The smallest absolute Gasteiger partial charge is 0.169 e. The Labute approximate surface area is 111 Å². The Hall–Kier alpha value is -0.790. The van der Waals surface area contributed by atoms with Crippen molar-refractivity contribution in [3.8, 4) is 0 Å². The molecule has 5 nitrogen and oxygen atoms in total. The van der Waals surface area contributed by atoms with E-state index in [2.05, 4.69) is 4.98 Å². The number of pyridine rings is 1. The number of aliphatic hydroxyl groups is 1. The Balaban J connectivity index is 2.28. The summed E-state index contributed by atoms with van der Waals surface area (Å²) in [6, 6.07) is 3.53. The van der Waals surface area contributed by atoms with Gasteiger partial charge in [0.25, 0.3) is 0 Å². The molecule has 1 fully saturated rings. The second kappa shape index (κ2) is 5.46. The maximum absolute atomic E-state index is 11.8. The summed E-state index contributed by atoms with van der Waals surface area (Å²) in [7, 11) is -3.12. The molecule has 100 valence electrons. The molecular weight excluding hydrogens is 272 g/mol. The molecule has 0 aliphatic carbocycles. The summed E-state index contributed by atoms with van der Waals surface area (Å²) in [5.74, 6) is 2.13. The van der Waals surface area contributed by atoms with E-state index in [9.17, 15) is 8.42 Å². The molecular formula is C11H16N2O3S2. The van der Waals surface area contributed by atoms with Crippen LogP contribution in [0.5, 0.6) is 0 Å². The summed E-state index contributed by atoms with van der Waals surface area (Å²) in [6.07, 6.45) is 2.84. The molecule has 2 heterocycles. The summed E-state index contributed by atoms with van der Waals surface area (Å²) in [4.78, 5) is 6.06. The average molecular weight is 288 g/mol. The van der Waals surface area contributed by atoms with Crippen LogP contribution >= 0.6 is 11.8 Å². The highest BCUT2D eigenvalue weighted by Gasteiger charge is 2.31. The van der Waals surface area contributed by atoms with Crippen molar-refractivity contribution in [3.05, 3.63) is 23.9 Å². The normalized spacial score (nSPS) is 21.0. The third-order valence-electron chi connectivity index (χ3n) is 2.86. The number of hydrogen-bond acceptors (Lipinski definition) is 6. The minimum atomic E-state index is -3.12. The molecule has 18 heavy (non-hydrogen) atoms. The van der Waals surface area contributed by atoms with E-state index in [1.807, 2.05) is 4.90 Å². The van der Waals surface area contributed by atoms with Gasteiger partial charge in [-0.2, -0.15) is 11.8 Å². The van der Waals surface area contributed by atoms with Gasteiger partial charge < -0.3 is 10.0 Å². The van der Waals surface area contributed by atoms with Crippen molar-refractivity contribution in [2.75, 3.05) is 29.2 Å². The zero-order valence-corrected chi connectivity index (χ0v) is 11.7. The van der Waals surface area contributed by atoms with Gasteiger partial charge >= 0.3 is 0 Å². The highest BCUT2D eigenvalue weighted by Crippen LogP contribution is 2.25. The predicted molar refractivity (Wildman–Crippen MR) is 73.5 cm³/mol. The fourth-order valence-corrected chi connectivity index (χ4v) is 4.71. The standard InChI is InChI=1S/C11H16N2O3S2/c1-18(15,16)11-8-17-5-4-13(11)10-3-2-9(7-14)6-12-10/h2-3,6,11,14H,4-5,7-8H2,1H3. The highest BCUT2D eigenvalue weighted by molar-refractivity contribution is 8.01. The van der Waals surface area contributed by atoms with Gasteiger partial charge in [-0.3, -0.25) is 0 Å². The van der Waals surface area contributed by atoms with Crippen LogP contribution in [0.15, 0.2) is 18.3 Å². The SMILES string of the molecule is CS(=O)(=O)C1CSCCN1c1ccc(CO)cn1. The first kappa shape index (κ1) is 13.6. The molecule has 1 saturated heterocycles.